The average molecular weight is 407 g/mol. The lowest BCUT2D eigenvalue weighted by atomic mass is 9.73. The second kappa shape index (κ2) is 10.8. The number of benzene rings is 1. The van der Waals surface area contributed by atoms with Crippen molar-refractivity contribution in [1.82, 2.24) is 0 Å². The van der Waals surface area contributed by atoms with Crippen LogP contribution < -0.4 is 0 Å². The molecule has 0 radical (unpaired) electrons. The van der Waals surface area contributed by atoms with E-state index in [1.165, 1.54) is 44.1 Å². The first-order chi connectivity index (χ1) is 13.2. The van der Waals surface area contributed by atoms with Crippen LogP contribution >= 0.6 is 11.6 Å². The second-order valence-electron chi connectivity index (χ2n) is 9.04. The lowest BCUT2D eigenvalue weighted by molar-refractivity contribution is 0.186. The maximum atomic E-state index is 13.5. The van der Waals surface area contributed by atoms with E-state index in [1.54, 1.807) is 31.0 Å². The van der Waals surface area contributed by atoms with Gasteiger partial charge in [0.1, 0.15) is 5.83 Å². The van der Waals surface area contributed by atoms with Gasteiger partial charge in [0.15, 0.2) is 0 Å². The third-order valence-corrected chi connectivity index (χ3v) is 11.2. The van der Waals surface area contributed by atoms with Gasteiger partial charge in [-0.15, -0.1) is 0 Å². The lowest BCUT2D eigenvalue weighted by Gasteiger charge is -2.37. The van der Waals surface area contributed by atoms with Crippen molar-refractivity contribution in [2.24, 2.45) is 17.8 Å². The summed E-state index contributed by atoms with van der Waals surface area (Å²) in [5.41, 5.74) is 2.90. The van der Waals surface area contributed by atoms with Crippen LogP contribution in [0, 0.1) is 17.8 Å². The Hall–Kier alpha value is -0.603. The molecule has 27 heavy (non-hydrogen) atoms. The molecule has 0 nitrogen and oxygen atoms in total. The van der Waals surface area contributed by atoms with Crippen LogP contribution in [0.5, 0.6) is 0 Å². The molecule has 0 amide bonds. The molecule has 150 valence electrons. The van der Waals surface area contributed by atoms with E-state index >= 15 is 0 Å². The normalized spacial score (nSPS) is 29.7. The van der Waals surface area contributed by atoms with Crippen molar-refractivity contribution in [3.05, 3.63) is 40.9 Å². The van der Waals surface area contributed by atoms with Gasteiger partial charge in [0.2, 0.25) is 0 Å². The minimum atomic E-state index is -0.354. The molecule has 1 aliphatic heterocycles. The highest BCUT2D eigenvalue weighted by atomic mass is 35.5. The van der Waals surface area contributed by atoms with E-state index < -0.39 is 0 Å². The smallest absolute Gasteiger partial charge is 0.141 e. The molecule has 0 unspecified atom stereocenters. The van der Waals surface area contributed by atoms with E-state index in [1.807, 2.05) is 12.1 Å². The fourth-order valence-electron chi connectivity index (χ4n) is 5.57. The molecule has 1 saturated heterocycles. The SMILES string of the molecule is CCC[SiH]1CCC(C2CCC(CCc3ccc(C(F)=CCl)cc3)CC2)CC1. The molecule has 0 N–H and O–H groups in total. The monoisotopic (exact) mass is 406 g/mol. The van der Waals surface area contributed by atoms with Crippen molar-refractivity contribution in [3.8, 4) is 0 Å². The third-order valence-electron chi connectivity index (χ3n) is 7.31. The van der Waals surface area contributed by atoms with Gasteiger partial charge in [-0.25, -0.2) is 4.39 Å². The molecular weight excluding hydrogens is 371 g/mol. The molecule has 0 atom stereocenters. The summed E-state index contributed by atoms with van der Waals surface area (Å²) in [5, 5.41) is 0. The molecule has 1 aliphatic carbocycles. The van der Waals surface area contributed by atoms with Gasteiger partial charge < -0.3 is 0 Å². The summed E-state index contributed by atoms with van der Waals surface area (Å²) < 4.78 is 13.5. The number of hydrogen-bond acceptors (Lipinski definition) is 0. The van der Waals surface area contributed by atoms with Gasteiger partial charge >= 0.3 is 0 Å². The Balaban J connectivity index is 1.37. The van der Waals surface area contributed by atoms with E-state index in [2.05, 4.69) is 19.1 Å². The van der Waals surface area contributed by atoms with Crippen molar-refractivity contribution in [3.63, 3.8) is 0 Å². The quantitative estimate of drug-likeness (QED) is 0.402. The highest BCUT2D eigenvalue weighted by Gasteiger charge is 2.30. The molecule has 1 aromatic rings. The number of halogens is 2. The van der Waals surface area contributed by atoms with Gasteiger partial charge in [-0.1, -0.05) is 93.0 Å². The van der Waals surface area contributed by atoms with Crippen LogP contribution in [-0.4, -0.2) is 8.80 Å². The maximum Gasteiger partial charge on any atom is 0.141 e. The topological polar surface area (TPSA) is 0 Å². The Labute approximate surface area is 172 Å². The Morgan fingerprint density at radius 3 is 2.26 bits per heavy atom. The highest BCUT2D eigenvalue weighted by molar-refractivity contribution is 6.58. The molecule has 1 aromatic carbocycles. The van der Waals surface area contributed by atoms with E-state index in [4.69, 9.17) is 11.6 Å². The number of rotatable bonds is 7. The first kappa shape index (κ1) is 21.1. The van der Waals surface area contributed by atoms with Crippen molar-refractivity contribution in [2.75, 3.05) is 0 Å². The second-order valence-corrected chi connectivity index (χ2v) is 12.7. The summed E-state index contributed by atoms with van der Waals surface area (Å²) in [5.74, 6) is 2.63. The summed E-state index contributed by atoms with van der Waals surface area (Å²) >= 11 is 5.44. The predicted octanol–water partition coefficient (Wildman–Crippen LogP) is 7.98. The summed E-state index contributed by atoms with van der Waals surface area (Å²) in [6.45, 7) is 2.37. The van der Waals surface area contributed by atoms with E-state index in [9.17, 15) is 4.39 Å². The van der Waals surface area contributed by atoms with Crippen molar-refractivity contribution in [1.29, 1.82) is 0 Å². The van der Waals surface area contributed by atoms with Crippen LogP contribution in [0.25, 0.3) is 5.83 Å². The summed E-state index contributed by atoms with van der Waals surface area (Å²) in [6, 6.07) is 12.7. The zero-order valence-corrected chi connectivity index (χ0v) is 18.8. The molecule has 0 spiro atoms. The molecular formula is C24H36ClFSi. The third kappa shape index (κ3) is 6.19. The lowest BCUT2D eigenvalue weighted by Crippen LogP contribution is -2.28. The number of hydrogen-bond donors (Lipinski definition) is 0. The molecule has 2 aliphatic rings. The summed E-state index contributed by atoms with van der Waals surface area (Å²) in [6.07, 6.45) is 12.8. The molecule has 3 heteroatoms. The number of aryl methyl sites for hydroxylation is 1. The minimum absolute atomic E-state index is 0.324. The van der Waals surface area contributed by atoms with E-state index in [-0.39, 0.29) is 14.6 Å². The molecule has 3 rings (SSSR count). The van der Waals surface area contributed by atoms with E-state index in [0.29, 0.717) is 5.56 Å². The van der Waals surface area contributed by atoms with Crippen LogP contribution in [0.15, 0.2) is 29.8 Å². The van der Waals surface area contributed by atoms with Crippen molar-refractivity contribution < 1.29 is 4.39 Å². The largest absolute Gasteiger partial charge is 0.205 e. The zero-order valence-electron chi connectivity index (χ0n) is 16.9. The average Bonchev–Trinajstić information content (AvgIpc) is 2.73. The highest BCUT2D eigenvalue weighted by Crippen LogP contribution is 2.41. The van der Waals surface area contributed by atoms with Crippen LogP contribution in [0.1, 0.15) is 69.4 Å². The Bertz CT molecular complexity index is 581. The summed E-state index contributed by atoms with van der Waals surface area (Å²) in [7, 11) is -0.324. The van der Waals surface area contributed by atoms with Gasteiger partial charge in [0.05, 0.1) is 0 Å². The van der Waals surface area contributed by atoms with Gasteiger partial charge in [-0.05, 0) is 49.0 Å². The van der Waals surface area contributed by atoms with Crippen LogP contribution in [-0.2, 0) is 6.42 Å². The summed E-state index contributed by atoms with van der Waals surface area (Å²) in [4.78, 5) is 0. The molecule has 2 fully saturated rings. The fraction of sp³-hybridized carbons (Fsp3) is 0.667. The Kier molecular flexibility index (Phi) is 8.45. The van der Waals surface area contributed by atoms with Crippen molar-refractivity contribution >= 4 is 26.2 Å². The predicted molar refractivity (Wildman–Crippen MR) is 120 cm³/mol. The zero-order chi connectivity index (χ0) is 19.1. The van der Waals surface area contributed by atoms with Gasteiger partial charge in [-0.3, -0.25) is 0 Å². The molecule has 0 aromatic heterocycles. The fourth-order valence-corrected chi connectivity index (χ4v) is 9.18. The maximum absolute atomic E-state index is 13.5. The standard InChI is InChI=1S/C24H36ClFSi/c1-2-15-27-16-13-22(14-17-27)21-9-5-19(6-10-21)3-4-20-7-11-23(12-8-20)24(26)18-25/h7-8,11-12,18-19,21-22,27H,2-6,9-10,13-17H2,1H3. The van der Waals surface area contributed by atoms with Crippen molar-refractivity contribution in [2.45, 2.75) is 82.8 Å². The molecule has 1 heterocycles. The first-order valence-electron chi connectivity index (χ1n) is 11.2. The van der Waals surface area contributed by atoms with E-state index in [0.717, 1.165) is 29.7 Å². The minimum Gasteiger partial charge on any atom is -0.205 e. The molecule has 0 bridgehead atoms. The van der Waals surface area contributed by atoms with Crippen LogP contribution in [0.3, 0.4) is 0 Å². The molecule has 1 saturated carbocycles. The Morgan fingerprint density at radius 1 is 1.04 bits per heavy atom. The van der Waals surface area contributed by atoms with Gasteiger partial charge in [0.25, 0.3) is 0 Å². The van der Waals surface area contributed by atoms with Gasteiger partial charge in [0, 0.05) is 19.9 Å². The van der Waals surface area contributed by atoms with Crippen LogP contribution in [0.2, 0.25) is 18.1 Å². The Morgan fingerprint density at radius 2 is 1.67 bits per heavy atom. The van der Waals surface area contributed by atoms with Gasteiger partial charge in [-0.2, -0.15) is 0 Å². The van der Waals surface area contributed by atoms with Crippen LogP contribution in [0.4, 0.5) is 4.39 Å². The first-order valence-corrected chi connectivity index (χ1v) is 14.1.